The summed E-state index contributed by atoms with van der Waals surface area (Å²) in [4.78, 5) is 35.7. The number of nitrogens with zero attached hydrogens (tertiary/aromatic N) is 5. The molecule has 2 fully saturated rings. The molecule has 0 spiro atoms. The number of hydrogen-bond donors (Lipinski definition) is 3. The number of aromatic nitrogens is 2. The minimum Gasteiger partial charge on any atom is -0.394 e. The third kappa shape index (κ3) is 5.64. The molecule has 12 nitrogen and oxygen atoms in total. The molecule has 2 amide bonds. The zero-order valence-corrected chi connectivity index (χ0v) is 23.5. The highest BCUT2D eigenvalue weighted by Crippen LogP contribution is 2.37. The summed E-state index contributed by atoms with van der Waals surface area (Å²) in [6.07, 6.45) is 4.15. The second-order valence-electron chi connectivity index (χ2n) is 10.1. The molecule has 2 aliphatic rings. The number of urea groups is 1. The number of benzene rings is 1. The number of nitrogens with one attached hydrogen (secondary N) is 3. The predicted molar refractivity (Wildman–Crippen MR) is 148 cm³/mol. The van der Waals surface area contributed by atoms with Gasteiger partial charge in [-0.2, -0.15) is 0 Å². The van der Waals surface area contributed by atoms with Crippen molar-refractivity contribution in [3.8, 4) is 0 Å². The van der Waals surface area contributed by atoms with E-state index >= 15 is 0 Å². The van der Waals surface area contributed by atoms with Gasteiger partial charge in [0.05, 0.1) is 22.5 Å². The molecule has 0 radical (unpaired) electrons. The first-order chi connectivity index (χ1) is 17.9. The van der Waals surface area contributed by atoms with Crippen molar-refractivity contribution in [1.82, 2.24) is 29.4 Å². The number of hydrogen-bond acceptors (Lipinski definition) is 8. The number of allylic oxidation sites excluding steroid dienone is 1. The Labute approximate surface area is 226 Å². The van der Waals surface area contributed by atoms with Crippen LogP contribution in [0.15, 0.2) is 33.6 Å². The molecule has 0 bridgehead atoms. The molecule has 2 heterocycles. The number of amides is 2. The van der Waals surface area contributed by atoms with E-state index in [2.05, 4.69) is 15.0 Å². The van der Waals surface area contributed by atoms with E-state index in [1.807, 2.05) is 11.8 Å². The highest BCUT2D eigenvalue weighted by Gasteiger charge is 2.41. The van der Waals surface area contributed by atoms with E-state index in [9.17, 15) is 18.0 Å². The fourth-order valence-corrected chi connectivity index (χ4v) is 6.12. The van der Waals surface area contributed by atoms with Crippen molar-refractivity contribution >= 4 is 50.5 Å². The van der Waals surface area contributed by atoms with Crippen LogP contribution in [-0.2, 0) is 16.6 Å². The standard InChI is InChI=1S/C24H33ClN8O4S/c1-24(5-6-24)29-38(36,37)17-11-18-20(28-22(25)33(21(18)34)15-16(13-26)14-27-2)19(12-17)31-7-9-32(10-8-31)23(35)30(3)4/h11-14,26-27,29H,5-10,15H2,1-4H3/b16-14+,26-13?. The van der Waals surface area contributed by atoms with Crippen LogP contribution in [0.4, 0.5) is 10.5 Å². The molecular formula is C24H33ClN8O4S. The zero-order valence-electron chi connectivity index (χ0n) is 21.9. The number of halogens is 1. The topological polar surface area (TPSA) is 144 Å². The molecule has 3 N–H and O–H groups in total. The number of anilines is 1. The SMILES string of the molecule is CN/C=C(\C=N)Cn1c(Cl)nc2c(N3CCN(C(=O)N(C)C)CC3)cc(S(=O)(=O)NC3(C)CC3)cc2c1=O. The monoisotopic (exact) mass is 564 g/mol. The summed E-state index contributed by atoms with van der Waals surface area (Å²) < 4.78 is 30.7. The maximum atomic E-state index is 13.7. The van der Waals surface area contributed by atoms with E-state index in [1.165, 1.54) is 21.6 Å². The van der Waals surface area contributed by atoms with Crippen molar-refractivity contribution in [3.63, 3.8) is 0 Å². The molecule has 4 rings (SSSR count). The highest BCUT2D eigenvalue weighted by molar-refractivity contribution is 7.89. The Morgan fingerprint density at radius 1 is 1.24 bits per heavy atom. The lowest BCUT2D eigenvalue weighted by atomic mass is 10.1. The Kier molecular flexibility index (Phi) is 7.73. The van der Waals surface area contributed by atoms with Crippen molar-refractivity contribution in [2.24, 2.45) is 0 Å². The van der Waals surface area contributed by atoms with Gasteiger partial charge in [0.1, 0.15) is 5.52 Å². The summed E-state index contributed by atoms with van der Waals surface area (Å²) in [6.45, 7) is 3.53. The van der Waals surface area contributed by atoms with Crippen LogP contribution in [0.3, 0.4) is 0 Å². The largest absolute Gasteiger partial charge is 0.394 e. The fourth-order valence-electron chi connectivity index (χ4n) is 4.38. The van der Waals surface area contributed by atoms with Gasteiger partial charge in [0.15, 0.2) is 0 Å². The number of carbonyl (C=O) groups excluding carboxylic acids is 1. The molecule has 206 valence electrons. The summed E-state index contributed by atoms with van der Waals surface area (Å²) in [7, 11) is 1.12. The summed E-state index contributed by atoms with van der Waals surface area (Å²) in [5.74, 6) is 0. The van der Waals surface area contributed by atoms with Gasteiger partial charge >= 0.3 is 6.03 Å². The molecule has 14 heteroatoms. The van der Waals surface area contributed by atoms with E-state index in [0.29, 0.717) is 37.4 Å². The summed E-state index contributed by atoms with van der Waals surface area (Å²) >= 11 is 6.47. The van der Waals surface area contributed by atoms with Crippen molar-refractivity contribution in [2.75, 3.05) is 52.2 Å². The molecule has 1 aromatic heterocycles. The third-order valence-corrected chi connectivity index (χ3v) is 8.69. The van der Waals surface area contributed by atoms with Crippen LogP contribution in [-0.4, -0.2) is 92.9 Å². The Morgan fingerprint density at radius 2 is 1.89 bits per heavy atom. The summed E-state index contributed by atoms with van der Waals surface area (Å²) in [5.41, 5.74) is 0.216. The van der Waals surface area contributed by atoms with Crippen molar-refractivity contribution < 1.29 is 13.2 Å². The smallest absolute Gasteiger partial charge is 0.319 e. The Morgan fingerprint density at radius 3 is 2.45 bits per heavy atom. The lowest BCUT2D eigenvalue weighted by molar-refractivity contribution is 0.168. The third-order valence-electron chi connectivity index (χ3n) is 6.79. The molecule has 1 saturated carbocycles. The first kappa shape index (κ1) is 27.9. The lowest BCUT2D eigenvalue weighted by Crippen LogP contribution is -2.51. The van der Waals surface area contributed by atoms with Crippen LogP contribution in [0.5, 0.6) is 0 Å². The first-order valence-electron chi connectivity index (χ1n) is 12.2. The van der Waals surface area contributed by atoms with Gasteiger partial charge in [-0.3, -0.25) is 9.36 Å². The van der Waals surface area contributed by atoms with Gasteiger partial charge in [-0.1, -0.05) is 0 Å². The van der Waals surface area contributed by atoms with Gasteiger partial charge < -0.3 is 25.4 Å². The minimum absolute atomic E-state index is 0.0150. The molecule has 38 heavy (non-hydrogen) atoms. The normalized spacial score (nSPS) is 17.4. The maximum absolute atomic E-state index is 13.7. The molecule has 0 atom stereocenters. The average molecular weight is 565 g/mol. The fraction of sp³-hybridized carbons (Fsp3) is 0.500. The quantitative estimate of drug-likeness (QED) is 0.325. The summed E-state index contributed by atoms with van der Waals surface area (Å²) in [5, 5.41) is 10.5. The Bertz CT molecular complexity index is 1460. The van der Waals surface area contributed by atoms with Crippen molar-refractivity contribution in [2.45, 2.75) is 36.7 Å². The number of piperazine rings is 1. The van der Waals surface area contributed by atoms with Crippen molar-refractivity contribution in [1.29, 1.82) is 5.41 Å². The van der Waals surface area contributed by atoms with Gasteiger partial charge in [0.2, 0.25) is 15.3 Å². The molecule has 1 aromatic carbocycles. The molecular weight excluding hydrogens is 532 g/mol. The molecule has 1 saturated heterocycles. The van der Waals surface area contributed by atoms with Crippen LogP contribution >= 0.6 is 11.6 Å². The van der Waals surface area contributed by atoms with Gasteiger partial charge in [-0.15, -0.1) is 0 Å². The van der Waals surface area contributed by atoms with Crippen molar-refractivity contribution in [3.05, 3.63) is 39.5 Å². The molecule has 1 aliphatic carbocycles. The maximum Gasteiger partial charge on any atom is 0.319 e. The van der Waals surface area contributed by atoms with E-state index in [-0.39, 0.29) is 33.7 Å². The van der Waals surface area contributed by atoms with Crippen LogP contribution in [0.1, 0.15) is 19.8 Å². The molecule has 0 unspecified atom stereocenters. The number of rotatable bonds is 8. The van der Waals surface area contributed by atoms with E-state index < -0.39 is 21.1 Å². The lowest BCUT2D eigenvalue weighted by Gasteiger charge is -2.37. The number of fused-ring (bicyclic) bond motifs is 1. The summed E-state index contributed by atoms with van der Waals surface area (Å²) in [6, 6.07) is 2.76. The Balaban J connectivity index is 1.83. The second-order valence-corrected chi connectivity index (χ2v) is 12.1. The van der Waals surface area contributed by atoms with Crippen LogP contribution < -0.4 is 20.5 Å². The van der Waals surface area contributed by atoms with E-state index in [4.69, 9.17) is 17.0 Å². The highest BCUT2D eigenvalue weighted by atomic mass is 35.5. The second kappa shape index (κ2) is 10.5. The average Bonchev–Trinajstić information content (AvgIpc) is 3.60. The van der Waals surface area contributed by atoms with Gasteiger partial charge in [-0.25, -0.2) is 22.9 Å². The molecule has 2 aromatic rings. The van der Waals surface area contributed by atoms with Gasteiger partial charge in [-0.05, 0) is 43.5 Å². The van der Waals surface area contributed by atoms with Crippen LogP contribution in [0.25, 0.3) is 10.9 Å². The minimum atomic E-state index is -3.93. The van der Waals surface area contributed by atoms with Gasteiger partial charge in [0, 0.05) is 70.8 Å². The van der Waals surface area contributed by atoms with E-state index in [0.717, 1.165) is 19.1 Å². The Hall–Kier alpha value is -3.16. The number of carbonyl (C=O) groups is 1. The zero-order chi connectivity index (χ0) is 27.8. The first-order valence-corrected chi connectivity index (χ1v) is 14.1. The van der Waals surface area contributed by atoms with Crippen LogP contribution in [0.2, 0.25) is 5.28 Å². The predicted octanol–water partition coefficient (Wildman–Crippen LogP) is 1.44. The number of sulfonamides is 1. The van der Waals surface area contributed by atoms with Crippen LogP contribution in [0, 0.1) is 5.41 Å². The molecule has 1 aliphatic heterocycles. The van der Waals surface area contributed by atoms with Gasteiger partial charge in [0.25, 0.3) is 5.56 Å². The van der Waals surface area contributed by atoms with E-state index in [1.54, 1.807) is 32.2 Å².